The maximum atomic E-state index is 12.5. The van der Waals surface area contributed by atoms with Crippen LogP contribution in [0, 0.1) is 0 Å². The molecule has 0 heterocycles. The Morgan fingerprint density at radius 2 is 0.738 bits per heavy atom. The third-order valence-corrected chi connectivity index (χ3v) is 8.83. The van der Waals surface area contributed by atoms with Crippen LogP contribution < -0.4 is 0 Å². The van der Waals surface area contributed by atoms with Crippen LogP contribution in [0.1, 0.15) is 226 Å². The van der Waals surface area contributed by atoms with Crippen LogP contribution in [-0.4, -0.2) is 23.1 Å². The molecule has 0 aliphatic carbocycles. The van der Waals surface area contributed by atoms with E-state index in [4.69, 9.17) is 9.84 Å². The highest BCUT2D eigenvalue weighted by atomic mass is 16.5. The third-order valence-electron chi connectivity index (χ3n) is 8.83. The molecule has 0 aliphatic heterocycles. The zero-order chi connectivity index (χ0) is 30.8. The Morgan fingerprint density at radius 1 is 0.429 bits per heavy atom. The van der Waals surface area contributed by atoms with Crippen molar-refractivity contribution in [2.45, 2.75) is 232 Å². The van der Waals surface area contributed by atoms with Gasteiger partial charge in [0.2, 0.25) is 0 Å². The van der Waals surface area contributed by atoms with Gasteiger partial charge in [0.05, 0.1) is 0 Å². The van der Waals surface area contributed by atoms with Gasteiger partial charge in [-0.15, -0.1) is 0 Å². The molecular weight excluding hydrogens is 520 g/mol. The zero-order valence-corrected chi connectivity index (χ0v) is 28.6. The van der Waals surface area contributed by atoms with E-state index in [9.17, 15) is 9.59 Å². The highest BCUT2D eigenvalue weighted by molar-refractivity contribution is 5.69. The van der Waals surface area contributed by atoms with Crippen LogP contribution in [0.4, 0.5) is 0 Å². The van der Waals surface area contributed by atoms with Gasteiger partial charge in [-0.2, -0.15) is 0 Å². The number of carbonyl (C=O) groups excluding carboxylic acids is 1. The van der Waals surface area contributed by atoms with E-state index in [0.717, 1.165) is 64.2 Å². The van der Waals surface area contributed by atoms with E-state index in [0.29, 0.717) is 12.8 Å². The van der Waals surface area contributed by atoms with Gasteiger partial charge in [0.1, 0.15) is 6.10 Å². The van der Waals surface area contributed by atoms with Gasteiger partial charge in [-0.1, -0.05) is 181 Å². The lowest BCUT2D eigenvalue weighted by Gasteiger charge is -2.18. The fraction of sp³-hybridized carbons (Fsp3) is 0.947. The van der Waals surface area contributed by atoms with Gasteiger partial charge in [0.15, 0.2) is 0 Å². The number of carbonyl (C=O) groups is 2. The molecule has 0 rings (SSSR count). The molecule has 0 spiro atoms. The van der Waals surface area contributed by atoms with Crippen molar-refractivity contribution in [3.8, 4) is 0 Å². The average molecular weight is 595 g/mol. The Labute approximate surface area is 262 Å². The second-order valence-corrected chi connectivity index (χ2v) is 13.1. The first kappa shape index (κ1) is 40.9. The molecule has 0 aromatic carbocycles. The van der Waals surface area contributed by atoms with E-state index in [-0.39, 0.29) is 12.1 Å². The Morgan fingerprint density at radius 3 is 1.12 bits per heavy atom. The first-order valence-corrected chi connectivity index (χ1v) is 19.0. The predicted molar refractivity (Wildman–Crippen MR) is 181 cm³/mol. The van der Waals surface area contributed by atoms with Crippen LogP contribution >= 0.6 is 0 Å². The Hall–Kier alpha value is -1.06. The second-order valence-electron chi connectivity index (χ2n) is 13.1. The maximum absolute atomic E-state index is 12.5. The van der Waals surface area contributed by atoms with Gasteiger partial charge < -0.3 is 9.84 Å². The molecule has 0 radical (unpaired) electrons. The molecule has 0 saturated heterocycles. The van der Waals surface area contributed by atoms with E-state index in [2.05, 4.69) is 13.8 Å². The Balaban J connectivity index is 3.58. The summed E-state index contributed by atoms with van der Waals surface area (Å²) in [5, 5.41) is 8.67. The first-order valence-electron chi connectivity index (χ1n) is 19.0. The topological polar surface area (TPSA) is 63.6 Å². The van der Waals surface area contributed by atoms with Gasteiger partial charge in [0, 0.05) is 12.8 Å². The van der Waals surface area contributed by atoms with Crippen LogP contribution in [0.15, 0.2) is 0 Å². The summed E-state index contributed by atoms with van der Waals surface area (Å²) in [6, 6.07) is 0. The number of hydrogen-bond acceptors (Lipinski definition) is 3. The number of ether oxygens (including phenoxy) is 1. The van der Waals surface area contributed by atoms with Crippen molar-refractivity contribution in [2.24, 2.45) is 0 Å². The van der Waals surface area contributed by atoms with Crippen molar-refractivity contribution >= 4 is 11.9 Å². The molecule has 0 saturated carbocycles. The largest absolute Gasteiger partial charge is 0.481 e. The van der Waals surface area contributed by atoms with Crippen molar-refractivity contribution in [3.05, 3.63) is 0 Å². The highest BCUT2D eigenvalue weighted by Gasteiger charge is 2.14. The lowest BCUT2D eigenvalue weighted by atomic mass is 10.0. The molecule has 0 bridgehead atoms. The molecule has 1 atom stereocenters. The van der Waals surface area contributed by atoms with E-state index < -0.39 is 5.97 Å². The van der Waals surface area contributed by atoms with Gasteiger partial charge >= 0.3 is 11.9 Å². The average Bonchev–Trinajstić information content (AvgIpc) is 2.97. The summed E-state index contributed by atoms with van der Waals surface area (Å²) < 4.78 is 5.91. The van der Waals surface area contributed by atoms with Crippen LogP contribution in [0.25, 0.3) is 0 Å². The molecule has 1 N–H and O–H groups in total. The molecule has 4 nitrogen and oxygen atoms in total. The molecule has 0 aromatic heterocycles. The zero-order valence-electron chi connectivity index (χ0n) is 28.6. The fourth-order valence-electron chi connectivity index (χ4n) is 6.00. The standard InChI is InChI=1S/C38H74O4/c1-3-5-7-8-9-10-11-12-13-14-15-16-17-22-25-28-31-35-38(41)42-36(32-6-4-2)33-29-26-23-20-18-19-21-24-27-30-34-37(39)40/h36H,3-35H2,1-2H3,(H,39,40). The number of unbranched alkanes of at least 4 members (excludes halogenated alkanes) is 26. The molecule has 4 heteroatoms. The van der Waals surface area contributed by atoms with Crippen LogP contribution in [0.5, 0.6) is 0 Å². The fourth-order valence-corrected chi connectivity index (χ4v) is 6.00. The molecule has 1 unspecified atom stereocenters. The summed E-state index contributed by atoms with van der Waals surface area (Å²) in [5.41, 5.74) is 0. The number of aliphatic carboxylic acids is 1. The summed E-state index contributed by atoms with van der Waals surface area (Å²) >= 11 is 0. The molecular formula is C38H74O4. The summed E-state index contributed by atoms with van der Waals surface area (Å²) in [6.07, 6.45) is 40.2. The quantitative estimate of drug-likeness (QED) is 0.0585. The predicted octanol–water partition coefficient (Wildman–Crippen LogP) is 12.9. The van der Waals surface area contributed by atoms with E-state index >= 15 is 0 Å². The van der Waals surface area contributed by atoms with Crippen LogP contribution in [0.3, 0.4) is 0 Å². The second kappa shape index (κ2) is 34.4. The summed E-state index contributed by atoms with van der Waals surface area (Å²) in [5.74, 6) is -0.646. The first-order chi connectivity index (χ1) is 20.6. The molecule has 250 valence electrons. The van der Waals surface area contributed by atoms with Gasteiger partial charge in [-0.25, -0.2) is 0 Å². The molecule has 0 aromatic rings. The normalized spacial score (nSPS) is 12.0. The Kier molecular flexibility index (Phi) is 33.6. The number of esters is 1. The number of carboxylic acid groups (broad SMARTS) is 1. The minimum absolute atomic E-state index is 0.0282. The SMILES string of the molecule is CCCCCCCCCCCCCCCCCCCC(=O)OC(CCCC)CCCCCCCCCCCCC(=O)O. The van der Waals surface area contributed by atoms with Gasteiger partial charge in [-0.3, -0.25) is 9.59 Å². The lowest BCUT2D eigenvalue weighted by Crippen LogP contribution is -2.18. The lowest BCUT2D eigenvalue weighted by molar-refractivity contribution is -0.150. The number of rotatable bonds is 35. The Bertz CT molecular complexity index is 561. The van der Waals surface area contributed by atoms with Gasteiger partial charge in [-0.05, 0) is 32.1 Å². The van der Waals surface area contributed by atoms with E-state index in [1.165, 1.54) is 135 Å². The smallest absolute Gasteiger partial charge is 0.306 e. The minimum Gasteiger partial charge on any atom is -0.481 e. The van der Waals surface area contributed by atoms with Crippen molar-refractivity contribution in [1.29, 1.82) is 0 Å². The molecule has 0 fully saturated rings. The third kappa shape index (κ3) is 33.4. The number of hydrogen-bond donors (Lipinski definition) is 1. The van der Waals surface area contributed by atoms with Crippen molar-refractivity contribution in [1.82, 2.24) is 0 Å². The molecule has 0 amide bonds. The maximum Gasteiger partial charge on any atom is 0.306 e. The summed E-state index contributed by atoms with van der Waals surface area (Å²) in [7, 11) is 0. The summed E-state index contributed by atoms with van der Waals surface area (Å²) in [4.78, 5) is 23.0. The van der Waals surface area contributed by atoms with E-state index in [1.807, 2.05) is 0 Å². The summed E-state index contributed by atoms with van der Waals surface area (Å²) in [6.45, 7) is 4.50. The van der Waals surface area contributed by atoms with Gasteiger partial charge in [0.25, 0.3) is 0 Å². The molecule has 0 aliphatic rings. The highest BCUT2D eigenvalue weighted by Crippen LogP contribution is 2.18. The molecule has 42 heavy (non-hydrogen) atoms. The van der Waals surface area contributed by atoms with Crippen LogP contribution in [-0.2, 0) is 14.3 Å². The number of carboxylic acids is 1. The monoisotopic (exact) mass is 595 g/mol. The van der Waals surface area contributed by atoms with Crippen molar-refractivity contribution in [2.75, 3.05) is 0 Å². The van der Waals surface area contributed by atoms with Crippen LogP contribution in [0.2, 0.25) is 0 Å². The van der Waals surface area contributed by atoms with Crippen molar-refractivity contribution < 1.29 is 19.4 Å². The minimum atomic E-state index is -0.674. The van der Waals surface area contributed by atoms with E-state index in [1.54, 1.807) is 0 Å². The van der Waals surface area contributed by atoms with Crippen molar-refractivity contribution in [3.63, 3.8) is 0 Å².